The highest BCUT2D eigenvalue weighted by molar-refractivity contribution is 14.1. The Morgan fingerprint density at radius 2 is 1.73 bits per heavy atom. The molecule has 0 radical (unpaired) electrons. The van der Waals surface area contributed by atoms with Crippen molar-refractivity contribution in [3.63, 3.8) is 0 Å². The molecule has 0 fully saturated rings. The molecule has 2 N–H and O–H groups in total. The number of furan rings is 1. The van der Waals surface area contributed by atoms with E-state index in [1.165, 1.54) is 30.5 Å². The highest BCUT2D eigenvalue weighted by Crippen LogP contribution is 2.22. The third-order valence-electron chi connectivity index (χ3n) is 3.69. The summed E-state index contributed by atoms with van der Waals surface area (Å²) >= 11 is 2.07. The number of hydrogen-bond donors (Lipinski definition) is 2. The van der Waals surface area contributed by atoms with Gasteiger partial charge in [-0.15, -0.1) is 0 Å². The summed E-state index contributed by atoms with van der Waals surface area (Å²) in [5, 5.41) is 5.20. The van der Waals surface area contributed by atoms with E-state index >= 15 is 0 Å². The fourth-order valence-corrected chi connectivity index (χ4v) is 2.99. The SMILES string of the molecule is Cc1occc1C(=O)Nc1cc(NC(=O)c2ccccc2I)ccc1F. The summed E-state index contributed by atoms with van der Waals surface area (Å²) in [6.45, 7) is 1.64. The molecule has 0 unspecified atom stereocenters. The van der Waals surface area contributed by atoms with Crippen LogP contribution in [0.2, 0.25) is 0 Å². The molecule has 0 aliphatic rings. The molecule has 0 spiro atoms. The van der Waals surface area contributed by atoms with E-state index in [-0.39, 0.29) is 11.6 Å². The molecule has 0 bridgehead atoms. The largest absolute Gasteiger partial charge is 0.469 e. The lowest BCUT2D eigenvalue weighted by Gasteiger charge is -2.10. The number of benzene rings is 2. The zero-order valence-electron chi connectivity index (χ0n) is 13.7. The van der Waals surface area contributed by atoms with Crippen LogP contribution in [0, 0.1) is 16.3 Å². The number of carbonyl (C=O) groups excluding carboxylic acids is 2. The van der Waals surface area contributed by atoms with Crippen molar-refractivity contribution in [3.8, 4) is 0 Å². The number of rotatable bonds is 4. The second kappa shape index (κ2) is 7.69. The highest BCUT2D eigenvalue weighted by atomic mass is 127. The van der Waals surface area contributed by atoms with E-state index in [0.29, 0.717) is 22.6 Å². The summed E-state index contributed by atoms with van der Waals surface area (Å²) in [4.78, 5) is 24.6. The van der Waals surface area contributed by atoms with Gasteiger partial charge >= 0.3 is 0 Å². The molecule has 26 heavy (non-hydrogen) atoms. The molecule has 2 aromatic carbocycles. The summed E-state index contributed by atoms with van der Waals surface area (Å²) in [6.07, 6.45) is 1.39. The highest BCUT2D eigenvalue weighted by Gasteiger charge is 2.15. The molecule has 132 valence electrons. The van der Waals surface area contributed by atoms with Crippen LogP contribution in [-0.2, 0) is 0 Å². The molecule has 3 aromatic rings. The number of halogens is 2. The van der Waals surface area contributed by atoms with Gasteiger partial charge in [-0.1, -0.05) is 12.1 Å². The fourth-order valence-electron chi connectivity index (χ4n) is 2.35. The predicted molar refractivity (Wildman–Crippen MR) is 105 cm³/mol. The van der Waals surface area contributed by atoms with Crippen molar-refractivity contribution in [2.24, 2.45) is 0 Å². The third kappa shape index (κ3) is 3.93. The topological polar surface area (TPSA) is 71.3 Å². The first kappa shape index (κ1) is 18.1. The number of amides is 2. The Balaban J connectivity index is 1.79. The second-order valence-corrected chi connectivity index (χ2v) is 6.64. The number of carbonyl (C=O) groups is 2. The van der Waals surface area contributed by atoms with Crippen LogP contribution in [0.4, 0.5) is 15.8 Å². The third-order valence-corrected chi connectivity index (χ3v) is 4.64. The molecular formula is C19H14FIN2O3. The van der Waals surface area contributed by atoms with E-state index in [9.17, 15) is 14.0 Å². The fraction of sp³-hybridized carbons (Fsp3) is 0.0526. The maximum absolute atomic E-state index is 14.0. The van der Waals surface area contributed by atoms with Gasteiger partial charge in [0.2, 0.25) is 0 Å². The smallest absolute Gasteiger partial charge is 0.259 e. The van der Waals surface area contributed by atoms with E-state index in [2.05, 4.69) is 33.2 Å². The van der Waals surface area contributed by atoms with Crippen LogP contribution < -0.4 is 10.6 Å². The minimum atomic E-state index is -0.605. The van der Waals surface area contributed by atoms with Gasteiger partial charge in [0.1, 0.15) is 11.6 Å². The Kier molecular flexibility index (Phi) is 5.36. The minimum absolute atomic E-state index is 0.0313. The van der Waals surface area contributed by atoms with E-state index in [1.807, 2.05) is 12.1 Å². The number of aryl methyl sites for hydroxylation is 1. The zero-order valence-corrected chi connectivity index (χ0v) is 15.8. The molecule has 0 aliphatic carbocycles. The van der Waals surface area contributed by atoms with E-state index < -0.39 is 11.7 Å². The van der Waals surface area contributed by atoms with Gasteiger partial charge in [0.05, 0.1) is 23.1 Å². The van der Waals surface area contributed by atoms with E-state index in [1.54, 1.807) is 19.1 Å². The Bertz CT molecular complexity index is 984. The van der Waals surface area contributed by atoms with Crippen molar-refractivity contribution in [2.75, 3.05) is 10.6 Å². The van der Waals surface area contributed by atoms with Crippen molar-refractivity contribution in [1.82, 2.24) is 0 Å². The Morgan fingerprint density at radius 1 is 1.00 bits per heavy atom. The van der Waals surface area contributed by atoms with Crippen LogP contribution in [0.25, 0.3) is 0 Å². The molecule has 0 saturated heterocycles. The zero-order chi connectivity index (χ0) is 18.7. The van der Waals surface area contributed by atoms with Crippen LogP contribution in [0.1, 0.15) is 26.5 Å². The summed E-state index contributed by atoms with van der Waals surface area (Å²) in [7, 11) is 0. The molecule has 0 saturated carbocycles. The van der Waals surface area contributed by atoms with Crippen LogP contribution in [0.3, 0.4) is 0 Å². The van der Waals surface area contributed by atoms with Gasteiger partial charge in [-0.05, 0) is 65.9 Å². The molecule has 0 atom stereocenters. The summed E-state index contributed by atoms with van der Waals surface area (Å²) in [5.74, 6) is -0.974. The maximum Gasteiger partial charge on any atom is 0.259 e. The number of nitrogens with one attached hydrogen (secondary N) is 2. The summed E-state index contributed by atoms with van der Waals surface area (Å²) in [5.41, 5.74) is 1.17. The van der Waals surface area contributed by atoms with Crippen LogP contribution in [0.15, 0.2) is 59.2 Å². The lowest BCUT2D eigenvalue weighted by Crippen LogP contribution is -2.15. The molecule has 2 amide bonds. The predicted octanol–water partition coefficient (Wildman–Crippen LogP) is 4.84. The van der Waals surface area contributed by atoms with Crippen molar-refractivity contribution < 1.29 is 18.4 Å². The first-order valence-corrected chi connectivity index (χ1v) is 8.74. The van der Waals surface area contributed by atoms with Gasteiger partial charge in [0.15, 0.2) is 0 Å². The van der Waals surface area contributed by atoms with Crippen molar-refractivity contribution >= 4 is 45.8 Å². The molecule has 7 heteroatoms. The standard InChI is InChI=1S/C19H14FIN2O3/c1-11-13(8-9-26-11)18(24)23-17-10-12(6-7-15(17)20)22-19(25)14-4-2-3-5-16(14)21/h2-10H,1H3,(H,22,25)(H,23,24). The first-order chi connectivity index (χ1) is 12.5. The molecule has 1 heterocycles. The first-order valence-electron chi connectivity index (χ1n) is 7.66. The Hall–Kier alpha value is -2.68. The number of hydrogen-bond acceptors (Lipinski definition) is 3. The molecule has 3 rings (SSSR count). The quantitative estimate of drug-likeness (QED) is 0.544. The van der Waals surface area contributed by atoms with Crippen LogP contribution >= 0.6 is 22.6 Å². The maximum atomic E-state index is 14.0. The van der Waals surface area contributed by atoms with E-state index in [0.717, 1.165) is 3.57 Å². The number of anilines is 2. The van der Waals surface area contributed by atoms with Crippen molar-refractivity contribution in [2.45, 2.75) is 6.92 Å². The average molecular weight is 464 g/mol. The van der Waals surface area contributed by atoms with Gasteiger partial charge in [-0.2, -0.15) is 0 Å². The van der Waals surface area contributed by atoms with Gasteiger partial charge < -0.3 is 15.1 Å². The average Bonchev–Trinajstić information content (AvgIpc) is 3.04. The summed E-state index contributed by atoms with van der Waals surface area (Å²) < 4.78 is 19.9. The lowest BCUT2D eigenvalue weighted by atomic mass is 10.2. The Labute approximate surface area is 162 Å². The monoisotopic (exact) mass is 464 g/mol. The van der Waals surface area contributed by atoms with Crippen LogP contribution in [0.5, 0.6) is 0 Å². The summed E-state index contributed by atoms with van der Waals surface area (Å²) in [6, 6.07) is 12.6. The van der Waals surface area contributed by atoms with Crippen molar-refractivity contribution in [3.05, 3.63) is 81.1 Å². The normalized spacial score (nSPS) is 10.4. The molecule has 5 nitrogen and oxygen atoms in total. The lowest BCUT2D eigenvalue weighted by molar-refractivity contribution is 0.101. The molecular weight excluding hydrogens is 450 g/mol. The van der Waals surface area contributed by atoms with Gasteiger partial charge in [-0.25, -0.2) is 4.39 Å². The van der Waals surface area contributed by atoms with Gasteiger partial charge in [-0.3, -0.25) is 9.59 Å². The van der Waals surface area contributed by atoms with Crippen LogP contribution in [-0.4, -0.2) is 11.8 Å². The molecule has 1 aromatic heterocycles. The van der Waals surface area contributed by atoms with Gasteiger partial charge in [0.25, 0.3) is 11.8 Å². The molecule has 0 aliphatic heterocycles. The van der Waals surface area contributed by atoms with E-state index in [4.69, 9.17) is 4.42 Å². The van der Waals surface area contributed by atoms with Crippen molar-refractivity contribution in [1.29, 1.82) is 0 Å². The Morgan fingerprint density at radius 3 is 2.42 bits per heavy atom. The second-order valence-electron chi connectivity index (χ2n) is 5.47. The minimum Gasteiger partial charge on any atom is -0.469 e. The van der Waals surface area contributed by atoms with Gasteiger partial charge in [0, 0.05) is 9.26 Å².